The first-order valence-corrected chi connectivity index (χ1v) is 6.92. The Morgan fingerprint density at radius 3 is 2.95 bits per heavy atom. The Bertz CT molecular complexity index is 488. The van der Waals surface area contributed by atoms with Crippen LogP contribution in [0.1, 0.15) is 32.4 Å². The number of fused-ring (bicyclic) bond motifs is 1. The second-order valence-corrected chi connectivity index (χ2v) is 5.51. The summed E-state index contributed by atoms with van der Waals surface area (Å²) in [5.41, 5.74) is 6.85. The first kappa shape index (κ1) is 14.7. The molecule has 0 spiro atoms. The van der Waals surface area contributed by atoms with Crippen molar-refractivity contribution in [3.05, 3.63) is 23.8 Å². The number of rotatable bonds is 5. The monoisotopic (exact) mass is 278 g/mol. The molecule has 1 aliphatic rings. The summed E-state index contributed by atoms with van der Waals surface area (Å²) in [6.07, 6.45) is 0. The zero-order valence-corrected chi connectivity index (χ0v) is 12.2. The minimum absolute atomic E-state index is 0.00189. The van der Waals surface area contributed by atoms with Gasteiger partial charge in [0.15, 0.2) is 6.61 Å². The average molecular weight is 278 g/mol. The van der Waals surface area contributed by atoms with Crippen LogP contribution in [0.4, 0.5) is 0 Å². The Balaban J connectivity index is 1.87. The van der Waals surface area contributed by atoms with E-state index in [1.54, 1.807) is 6.07 Å². The number of benzene rings is 1. The molecule has 1 aliphatic heterocycles. The van der Waals surface area contributed by atoms with Crippen molar-refractivity contribution >= 4 is 5.91 Å². The normalized spacial score (nSPS) is 18.4. The largest absolute Gasteiger partial charge is 0.491 e. The molecule has 5 heteroatoms. The molecule has 1 heterocycles. The lowest BCUT2D eigenvalue weighted by Crippen LogP contribution is -2.38. The summed E-state index contributed by atoms with van der Waals surface area (Å²) >= 11 is 0. The van der Waals surface area contributed by atoms with E-state index in [0.29, 0.717) is 18.3 Å². The van der Waals surface area contributed by atoms with Crippen molar-refractivity contribution in [1.29, 1.82) is 0 Å². The lowest BCUT2D eigenvalue weighted by molar-refractivity contribution is -0.124. The topological polar surface area (TPSA) is 73.6 Å². The molecule has 0 aliphatic carbocycles. The molecular formula is C15H22N2O3. The van der Waals surface area contributed by atoms with E-state index in [4.69, 9.17) is 15.2 Å². The molecule has 1 amide bonds. The van der Waals surface area contributed by atoms with Gasteiger partial charge in [-0.15, -0.1) is 0 Å². The number of nitrogens with one attached hydrogen (secondary N) is 1. The van der Waals surface area contributed by atoms with Crippen molar-refractivity contribution in [3.63, 3.8) is 0 Å². The molecule has 0 radical (unpaired) electrons. The Hall–Kier alpha value is -1.75. The third kappa shape index (κ3) is 3.42. The van der Waals surface area contributed by atoms with Gasteiger partial charge in [-0.3, -0.25) is 4.79 Å². The van der Waals surface area contributed by atoms with Crippen LogP contribution >= 0.6 is 0 Å². The summed E-state index contributed by atoms with van der Waals surface area (Å²) < 4.78 is 10.9. The Labute approximate surface area is 119 Å². The highest BCUT2D eigenvalue weighted by atomic mass is 16.5. The molecule has 2 atom stereocenters. The maximum atomic E-state index is 11.7. The molecule has 0 fully saturated rings. The van der Waals surface area contributed by atoms with Crippen molar-refractivity contribution in [3.8, 4) is 11.5 Å². The van der Waals surface area contributed by atoms with Crippen LogP contribution in [0.25, 0.3) is 0 Å². The van der Waals surface area contributed by atoms with Gasteiger partial charge in [0, 0.05) is 17.7 Å². The van der Waals surface area contributed by atoms with Gasteiger partial charge in [0.25, 0.3) is 5.91 Å². The van der Waals surface area contributed by atoms with Crippen LogP contribution in [-0.4, -0.2) is 25.2 Å². The number of carbonyl (C=O) groups excluding carboxylic acids is 1. The second-order valence-electron chi connectivity index (χ2n) is 5.51. The van der Waals surface area contributed by atoms with E-state index in [-0.39, 0.29) is 24.6 Å². The van der Waals surface area contributed by atoms with Crippen LogP contribution in [0.3, 0.4) is 0 Å². The fourth-order valence-electron chi connectivity index (χ4n) is 1.92. The van der Waals surface area contributed by atoms with Crippen molar-refractivity contribution in [2.45, 2.75) is 32.9 Å². The molecule has 2 unspecified atom stereocenters. The number of hydrogen-bond acceptors (Lipinski definition) is 4. The van der Waals surface area contributed by atoms with Crippen LogP contribution < -0.4 is 20.5 Å². The molecule has 0 saturated carbocycles. The quantitative estimate of drug-likeness (QED) is 0.858. The van der Waals surface area contributed by atoms with E-state index in [2.05, 4.69) is 19.2 Å². The number of nitrogens with two attached hydrogens (primary N) is 1. The van der Waals surface area contributed by atoms with E-state index in [0.717, 1.165) is 11.3 Å². The molecule has 0 saturated heterocycles. The highest BCUT2D eigenvalue weighted by molar-refractivity contribution is 5.77. The van der Waals surface area contributed by atoms with Gasteiger partial charge in [-0.1, -0.05) is 13.8 Å². The van der Waals surface area contributed by atoms with E-state index >= 15 is 0 Å². The van der Waals surface area contributed by atoms with Gasteiger partial charge in [0.05, 0.1) is 6.04 Å². The fraction of sp³-hybridized carbons (Fsp3) is 0.533. The van der Waals surface area contributed by atoms with E-state index in [1.807, 2.05) is 19.1 Å². The smallest absolute Gasteiger partial charge is 0.258 e. The minimum Gasteiger partial charge on any atom is -0.491 e. The van der Waals surface area contributed by atoms with Crippen LogP contribution in [0.2, 0.25) is 0 Å². The summed E-state index contributed by atoms with van der Waals surface area (Å²) in [4.78, 5) is 11.7. The third-order valence-corrected chi connectivity index (χ3v) is 3.56. The number of ether oxygens (including phenoxy) is 2. The molecular weight excluding hydrogens is 256 g/mol. The Morgan fingerprint density at radius 1 is 1.50 bits per heavy atom. The molecule has 3 N–H and O–H groups in total. The summed E-state index contributed by atoms with van der Waals surface area (Å²) in [5.74, 6) is 1.63. The van der Waals surface area contributed by atoms with Crippen molar-refractivity contribution < 1.29 is 14.3 Å². The van der Waals surface area contributed by atoms with Crippen LogP contribution in [0.15, 0.2) is 18.2 Å². The van der Waals surface area contributed by atoms with Gasteiger partial charge in [0.1, 0.15) is 18.1 Å². The van der Waals surface area contributed by atoms with Gasteiger partial charge in [-0.05, 0) is 25.0 Å². The molecule has 0 aromatic heterocycles. The first-order valence-electron chi connectivity index (χ1n) is 6.92. The van der Waals surface area contributed by atoms with E-state index in [9.17, 15) is 4.79 Å². The fourth-order valence-corrected chi connectivity index (χ4v) is 1.92. The Morgan fingerprint density at radius 2 is 2.25 bits per heavy atom. The van der Waals surface area contributed by atoms with Crippen molar-refractivity contribution in [2.24, 2.45) is 11.7 Å². The lowest BCUT2D eigenvalue weighted by atomic mass is 10.1. The third-order valence-electron chi connectivity index (χ3n) is 3.56. The van der Waals surface area contributed by atoms with Crippen LogP contribution in [-0.2, 0) is 4.79 Å². The maximum absolute atomic E-state index is 11.7. The van der Waals surface area contributed by atoms with Gasteiger partial charge >= 0.3 is 0 Å². The molecule has 2 rings (SSSR count). The highest BCUT2D eigenvalue weighted by Gasteiger charge is 2.21. The second kappa shape index (κ2) is 6.13. The average Bonchev–Trinajstić information content (AvgIpc) is 2.77. The molecule has 110 valence electrons. The SMILES string of the molecule is CC(C)C(C)NC(=O)COc1ccc2c(c1)OCC2N. The molecule has 20 heavy (non-hydrogen) atoms. The molecule has 1 aromatic rings. The summed E-state index contributed by atoms with van der Waals surface area (Å²) in [6, 6.07) is 5.53. The van der Waals surface area contributed by atoms with Gasteiger partial charge in [-0.2, -0.15) is 0 Å². The van der Waals surface area contributed by atoms with Gasteiger partial charge in [-0.25, -0.2) is 0 Å². The molecule has 0 bridgehead atoms. The zero-order chi connectivity index (χ0) is 14.7. The molecule has 5 nitrogen and oxygen atoms in total. The summed E-state index contributed by atoms with van der Waals surface area (Å²) in [7, 11) is 0. The lowest BCUT2D eigenvalue weighted by Gasteiger charge is -2.17. The predicted octanol–water partition coefficient (Wildman–Crippen LogP) is 1.62. The molecule has 1 aromatic carbocycles. The van der Waals surface area contributed by atoms with Crippen LogP contribution in [0, 0.1) is 5.92 Å². The standard InChI is InChI=1S/C15H22N2O3/c1-9(2)10(3)17-15(18)8-19-11-4-5-12-13(16)7-20-14(12)6-11/h4-6,9-10,13H,7-8,16H2,1-3H3,(H,17,18). The minimum atomic E-state index is -0.121. The van der Waals surface area contributed by atoms with E-state index in [1.165, 1.54) is 0 Å². The summed E-state index contributed by atoms with van der Waals surface area (Å²) in [6.45, 7) is 6.60. The number of carbonyl (C=O) groups is 1. The zero-order valence-electron chi connectivity index (χ0n) is 12.2. The van der Waals surface area contributed by atoms with Gasteiger partial charge in [0.2, 0.25) is 0 Å². The van der Waals surface area contributed by atoms with Gasteiger partial charge < -0.3 is 20.5 Å². The van der Waals surface area contributed by atoms with E-state index < -0.39 is 0 Å². The Kier molecular flexibility index (Phi) is 4.49. The highest BCUT2D eigenvalue weighted by Crippen LogP contribution is 2.33. The van der Waals surface area contributed by atoms with Crippen molar-refractivity contribution in [1.82, 2.24) is 5.32 Å². The predicted molar refractivity (Wildman–Crippen MR) is 76.8 cm³/mol. The maximum Gasteiger partial charge on any atom is 0.258 e. The van der Waals surface area contributed by atoms with Crippen LogP contribution in [0.5, 0.6) is 11.5 Å². The number of hydrogen-bond donors (Lipinski definition) is 2. The number of amides is 1. The van der Waals surface area contributed by atoms with Crippen molar-refractivity contribution in [2.75, 3.05) is 13.2 Å². The summed E-state index contributed by atoms with van der Waals surface area (Å²) in [5, 5.41) is 2.89. The first-order chi connectivity index (χ1) is 9.47.